The second-order valence-electron chi connectivity index (χ2n) is 7.18. The molecule has 2 fully saturated rings. The lowest BCUT2D eigenvalue weighted by atomic mass is 9.91. The van der Waals surface area contributed by atoms with Crippen LogP contribution >= 0.6 is 0 Å². The van der Waals surface area contributed by atoms with Crippen molar-refractivity contribution in [2.24, 2.45) is 11.8 Å². The first-order valence-electron chi connectivity index (χ1n) is 9.28. The highest BCUT2D eigenvalue weighted by Crippen LogP contribution is 2.26. The van der Waals surface area contributed by atoms with Gasteiger partial charge in [0, 0.05) is 26.2 Å². The third kappa shape index (κ3) is 5.88. The number of nitrogens with zero attached hydrogens (tertiary/aromatic N) is 1. The third-order valence-electron chi connectivity index (χ3n) is 5.31. The van der Waals surface area contributed by atoms with E-state index in [-0.39, 0.29) is 0 Å². The number of ether oxygens (including phenoxy) is 1. The van der Waals surface area contributed by atoms with Crippen LogP contribution in [0.1, 0.15) is 58.3 Å². The van der Waals surface area contributed by atoms with E-state index in [0.29, 0.717) is 0 Å². The second kappa shape index (κ2) is 9.81. The van der Waals surface area contributed by atoms with Gasteiger partial charge in [0.1, 0.15) is 0 Å². The minimum atomic E-state index is 0.759. The molecule has 0 aromatic carbocycles. The summed E-state index contributed by atoms with van der Waals surface area (Å²) in [5.74, 6) is 1.62. The predicted molar refractivity (Wildman–Crippen MR) is 89.7 cm³/mol. The van der Waals surface area contributed by atoms with Crippen LogP contribution in [0.5, 0.6) is 0 Å². The van der Waals surface area contributed by atoms with E-state index in [4.69, 9.17) is 4.74 Å². The van der Waals surface area contributed by atoms with E-state index in [1.165, 1.54) is 77.5 Å². The molecule has 3 heteroatoms. The zero-order chi connectivity index (χ0) is 14.9. The average molecular weight is 296 g/mol. The van der Waals surface area contributed by atoms with E-state index in [9.17, 15) is 0 Å². The molecule has 3 atom stereocenters. The number of piperidine rings is 1. The van der Waals surface area contributed by atoms with E-state index in [0.717, 1.165) is 24.5 Å². The molecule has 0 aromatic rings. The highest BCUT2D eigenvalue weighted by Gasteiger charge is 2.27. The molecule has 0 aromatic heterocycles. The van der Waals surface area contributed by atoms with E-state index in [2.05, 4.69) is 17.1 Å². The highest BCUT2D eigenvalue weighted by molar-refractivity contribution is 4.84. The molecule has 1 aliphatic carbocycles. The van der Waals surface area contributed by atoms with Crippen molar-refractivity contribution >= 4 is 0 Å². The molecule has 1 saturated carbocycles. The molecule has 3 nitrogen and oxygen atoms in total. The van der Waals surface area contributed by atoms with Gasteiger partial charge in [-0.1, -0.05) is 26.2 Å². The Balaban J connectivity index is 1.84. The summed E-state index contributed by atoms with van der Waals surface area (Å²) in [4.78, 5) is 2.73. The van der Waals surface area contributed by atoms with Crippen molar-refractivity contribution in [3.05, 3.63) is 0 Å². The van der Waals surface area contributed by atoms with Gasteiger partial charge in [-0.2, -0.15) is 0 Å². The van der Waals surface area contributed by atoms with Crippen molar-refractivity contribution in [1.29, 1.82) is 0 Å². The number of likely N-dealkylation sites (tertiary alicyclic amines) is 1. The summed E-state index contributed by atoms with van der Waals surface area (Å²) in [5.41, 5.74) is 0. The summed E-state index contributed by atoms with van der Waals surface area (Å²) < 4.78 is 5.37. The van der Waals surface area contributed by atoms with Crippen LogP contribution in [-0.2, 0) is 4.74 Å². The topological polar surface area (TPSA) is 24.5 Å². The molecule has 21 heavy (non-hydrogen) atoms. The molecule has 1 N–H and O–H groups in total. The van der Waals surface area contributed by atoms with Gasteiger partial charge >= 0.3 is 0 Å². The number of hydrogen-bond donors (Lipinski definition) is 1. The minimum absolute atomic E-state index is 0.759. The van der Waals surface area contributed by atoms with Gasteiger partial charge in [0.15, 0.2) is 0 Å². The molecular weight excluding hydrogens is 260 g/mol. The minimum Gasteiger partial charge on any atom is -0.384 e. The smallest absolute Gasteiger partial charge is 0.0502 e. The Labute approximate surface area is 131 Å². The summed E-state index contributed by atoms with van der Waals surface area (Å²) in [7, 11) is 1.84. The van der Waals surface area contributed by atoms with Crippen LogP contribution in [0.4, 0.5) is 0 Å². The zero-order valence-corrected chi connectivity index (χ0v) is 14.3. The van der Waals surface area contributed by atoms with Gasteiger partial charge in [0.05, 0.1) is 6.61 Å². The Hall–Kier alpha value is -0.120. The van der Waals surface area contributed by atoms with Crippen LogP contribution in [-0.4, -0.2) is 50.8 Å². The Kier molecular flexibility index (Phi) is 8.05. The monoisotopic (exact) mass is 296 g/mol. The SMILES string of the molecule is CCCNC1CCCCCC1CN1CCCC(COC)C1. The summed E-state index contributed by atoms with van der Waals surface area (Å²) in [6, 6.07) is 0.759. The molecule has 124 valence electrons. The van der Waals surface area contributed by atoms with Crippen LogP contribution < -0.4 is 5.32 Å². The first-order chi connectivity index (χ1) is 10.3. The number of hydrogen-bond acceptors (Lipinski definition) is 3. The van der Waals surface area contributed by atoms with E-state index < -0.39 is 0 Å². The van der Waals surface area contributed by atoms with Crippen molar-refractivity contribution in [1.82, 2.24) is 10.2 Å². The molecule has 1 saturated heterocycles. The summed E-state index contributed by atoms with van der Waals surface area (Å²) in [6.45, 7) is 8.27. The van der Waals surface area contributed by atoms with E-state index >= 15 is 0 Å². The fraction of sp³-hybridized carbons (Fsp3) is 1.00. The van der Waals surface area contributed by atoms with Gasteiger partial charge in [-0.15, -0.1) is 0 Å². The molecule has 0 amide bonds. The van der Waals surface area contributed by atoms with Gasteiger partial charge < -0.3 is 15.0 Å². The fourth-order valence-electron chi connectivity index (χ4n) is 4.22. The van der Waals surface area contributed by atoms with E-state index in [1.807, 2.05) is 7.11 Å². The van der Waals surface area contributed by atoms with Crippen LogP contribution in [0.3, 0.4) is 0 Å². The standard InChI is InChI=1S/C18H36N2O/c1-3-11-19-18-10-6-4-5-9-17(18)14-20-12-7-8-16(13-20)15-21-2/h16-19H,3-15H2,1-2H3. The number of nitrogens with one attached hydrogen (secondary N) is 1. The highest BCUT2D eigenvalue weighted by atomic mass is 16.5. The molecule has 0 bridgehead atoms. The van der Waals surface area contributed by atoms with Crippen LogP contribution in [0.25, 0.3) is 0 Å². The predicted octanol–water partition coefficient (Wildman–Crippen LogP) is 3.29. The van der Waals surface area contributed by atoms with Gasteiger partial charge in [0.25, 0.3) is 0 Å². The first kappa shape index (κ1) is 17.2. The average Bonchev–Trinajstić information content (AvgIpc) is 2.71. The van der Waals surface area contributed by atoms with Gasteiger partial charge in [-0.05, 0) is 57.0 Å². The maximum absolute atomic E-state index is 5.37. The number of methoxy groups -OCH3 is 1. The lowest BCUT2D eigenvalue weighted by Gasteiger charge is -2.37. The lowest BCUT2D eigenvalue weighted by molar-refractivity contribution is 0.0774. The van der Waals surface area contributed by atoms with Gasteiger partial charge in [-0.25, -0.2) is 0 Å². The van der Waals surface area contributed by atoms with Crippen molar-refractivity contribution in [3.63, 3.8) is 0 Å². The Morgan fingerprint density at radius 3 is 2.76 bits per heavy atom. The van der Waals surface area contributed by atoms with Crippen LogP contribution in [0.2, 0.25) is 0 Å². The Morgan fingerprint density at radius 1 is 1.10 bits per heavy atom. The van der Waals surface area contributed by atoms with Crippen molar-refractivity contribution in [2.45, 2.75) is 64.3 Å². The van der Waals surface area contributed by atoms with Crippen molar-refractivity contribution in [2.75, 3.05) is 39.9 Å². The summed E-state index contributed by atoms with van der Waals surface area (Å²) in [5, 5.41) is 3.84. The molecule has 0 spiro atoms. The molecule has 2 aliphatic rings. The molecule has 0 radical (unpaired) electrons. The zero-order valence-electron chi connectivity index (χ0n) is 14.3. The number of rotatable bonds is 7. The Morgan fingerprint density at radius 2 is 1.95 bits per heavy atom. The summed E-state index contributed by atoms with van der Waals surface area (Å²) in [6.07, 6.45) is 11.1. The normalized spacial score (nSPS) is 32.0. The molecule has 1 heterocycles. The molecule has 2 rings (SSSR count). The third-order valence-corrected chi connectivity index (χ3v) is 5.31. The van der Waals surface area contributed by atoms with Crippen molar-refractivity contribution < 1.29 is 4.74 Å². The maximum Gasteiger partial charge on any atom is 0.0502 e. The molecule has 3 unspecified atom stereocenters. The van der Waals surface area contributed by atoms with Gasteiger partial charge in [0.2, 0.25) is 0 Å². The largest absolute Gasteiger partial charge is 0.384 e. The maximum atomic E-state index is 5.37. The van der Waals surface area contributed by atoms with Crippen LogP contribution in [0.15, 0.2) is 0 Å². The van der Waals surface area contributed by atoms with Gasteiger partial charge in [-0.3, -0.25) is 0 Å². The Bertz CT molecular complexity index is 270. The molecule has 1 aliphatic heterocycles. The quantitative estimate of drug-likeness (QED) is 0.730. The lowest BCUT2D eigenvalue weighted by Crippen LogP contribution is -2.45. The van der Waals surface area contributed by atoms with Crippen molar-refractivity contribution in [3.8, 4) is 0 Å². The van der Waals surface area contributed by atoms with Crippen LogP contribution in [0, 0.1) is 11.8 Å². The summed E-state index contributed by atoms with van der Waals surface area (Å²) >= 11 is 0. The second-order valence-corrected chi connectivity index (χ2v) is 7.18. The first-order valence-corrected chi connectivity index (χ1v) is 9.28. The fourth-order valence-corrected chi connectivity index (χ4v) is 4.22. The molecular formula is C18H36N2O. The van der Waals surface area contributed by atoms with E-state index in [1.54, 1.807) is 0 Å².